The molecule has 8 nitrogen and oxygen atoms in total. The van der Waals surface area contributed by atoms with Gasteiger partial charge < -0.3 is 19.5 Å². The molecule has 0 spiro atoms. The number of nitrogens with one attached hydrogen (secondary N) is 1. The molecule has 0 fully saturated rings. The summed E-state index contributed by atoms with van der Waals surface area (Å²) in [6.45, 7) is 3.00. The van der Waals surface area contributed by atoms with Crippen molar-refractivity contribution in [2.75, 3.05) is 30.9 Å². The van der Waals surface area contributed by atoms with Gasteiger partial charge in [0.25, 0.3) is 0 Å². The Hall–Kier alpha value is -2.38. The van der Waals surface area contributed by atoms with Gasteiger partial charge in [-0.25, -0.2) is 4.98 Å². The van der Waals surface area contributed by atoms with E-state index in [0.717, 1.165) is 5.82 Å². The smallest absolute Gasteiger partial charge is 0.323 e. The van der Waals surface area contributed by atoms with Gasteiger partial charge in [0.1, 0.15) is 5.82 Å². The summed E-state index contributed by atoms with van der Waals surface area (Å²) in [6, 6.07) is 0.313. The lowest BCUT2D eigenvalue weighted by atomic mass is 10.5. The summed E-state index contributed by atoms with van der Waals surface area (Å²) in [7, 11) is 5.61. The van der Waals surface area contributed by atoms with E-state index >= 15 is 0 Å². The Balaban J connectivity index is 2.22. The minimum atomic E-state index is 0.313. The SMILES string of the molecule is CCOc1nc(NC)nc(N(C)Cc2nccn2C)n1. The maximum absolute atomic E-state index is 5.35. The number of aromatic nitrogens is 5. The second-order valence-electron chi connectivity index (χ2n) is 4.24. The van der Waals surface area contributed by atoms with Crippen LogP contribution in [0.4, 0.5) is 11.9 Å². The molecular weight excluding hydrogens is 258 g/mol. The van der Waals surface area contributed by atoms with Gasteiger partial charge in [-0.15, -0.1) is 0 Å². The highest BCUT2D eigenvalue weighted by molar-refractivity contribution is 5.37. The maximum atomic E-state index is 5.35. The molecule has 0 bridgehead atoms. The van der Waals surface area contributed by atoms with E-state index in [-0.39, 0.29) is 0 Å². The van der Waals surface area contributed by atoms with E-state index in [1.165, 1.54) is 0 Å². The van der Waals surface area contributed by atoms with Crippen LogP contribution in [0.2, 0.25) is 0 Å². The molecule has 2 aromatic rings. The molecular formula is C12H19N7O. The van der Waals surface area contributed by atoms with Crippen molar-refractivity contribution in [3.63, 3.8) is 0 Å². The van der Waals surface area contributed by atoms with E-state index in [4.69, 9.17) is 4.74 Å². The first-order valence-electron chi connectivity index (χ1n) is 6.38. The van der Waals surface area contributed by atoms with Crippen molar-refractivity contribution in [1.29, 1.82) is 0 Å². The number of anilines is 2. The fourth-order valence-electron chi connectivity index (χ4n) is 1.65. The molecule has 2 aromatic heterocycles. The van der Waals surface area contributed by atoms with Crippen LogP contribution in [0.25, 0.3) is 0 Å². The monoisotopic (exact) mass is 277 g/mol. The van der Waals surface area contributed by atoms with E-state index in [0.29, 0.717) is 31.1 Å². The minimum absolute atomic E-state index is 0.313. The average molecular weight is 277 g/mol. The van der Waals surface area contributed by atoms with Crippen molar-refractivity contribution in [1.82, 2.24) is 24.5 Å². The Morgan fingerprint density at radius 2 is 2.15 bits per heavy atom. The minimum Gasteiger partial charge on any atom is -0.464 e. The Kier molecular flexibility index (Phi) is 4.34. The molecule has 2 rings (SSSR count). The van der Waals surface area contributed by atoms with Crippen LogP contribution in [0, 0.1) is 0 Å². The lowest BCUT2D eigenvalue weighted by molar-refractivity contribution is 0.312. The first kappa shape index (κ1) is 14.0. The summed E-state index contributed by atoms with van der Waals surface area (Å²) in [5.41, 5.74) is 0. The highest BCUT2D eigenvalue weighted by atomic mass is 16.5. The number of rotatable bonds is 6. The second-order valence-corrected chi connectivity index (χ2v) is 4.24. The second kappa shape index (κ2) is 6.18. The predicted octanol–water partition coefficient (Wildman–Crippen LogP) is 0.682. The average Bonchev–Trinajstić information content (AvgIpc) is 2.84. The molecule has 20 heavy (non-hydrogen) atoms. The summed E-state index contributed by atoms with van der Waals surface area (Å²) < 4.78 is 7.31. The molecule has 0 aliphatic carbocycles. The van der Waals surface area contributed by atoms with Crippen molar-refractivity contribution < 1.29 is 4.74 Å². The molecule has 8 heteroatoms. The Bertz CT molecular complexity index is 569. The number of hydrogen-bond acceptors (Lipinski definition) is 7. The van der Waals surface area contributed by atoms with Gasteiger partial charge in [-0.05, 0) is 6.92 Å². The van der Waals surface area contributed by atoms with Crippen molar-refractivity contribution in [3.05, 3.63) is 18.2 Å². The molecule has 108 valence electrons. The maximum Gasteiger partial charge on any atom is 0.323 e. The lowest BCUT2D eigenvalue weighted by Crippen LogP contribution is -2.22. The molecule has 0 aliphatic heterocycles. The van der Waals surface area contributed by atoms with Crippen molar-refractivity contribution in [3.8, 4) is 6.01 Å². The summed E-state index contributed by atoms with van der Waals surface area (Å²) in [5.74, 6) is 1.94. The standard InChI is InChI=1S/C12H19N7O/c1-5-20-12-16-10(13-2)15-11(17-12)19(4)8-9-14-6-7-18(9)3/h6-7H,5,8H2,1-4H3,(H,13,15,16,17). The highest BCUT2D eigenvalue weighted by Gasteiger charge is 2.12. The summed E-state index contributed by atoms with van der Waals surface area (Å²) in [6.07, 6.45) is 3.67. The molecule has 0 saturated carbocycles. The van der Waals surface area contributed by atoms with Gasteiger partial charge in [-0.2, -0.15) is 15.0 Å². The quantitative estimate of drug-likeness (QED) is 0.831. The zero-order valence-corrected chi connectivity index (χ0v) is 12.2. The van der Waals surface area contributed by atoms with Gasteiger partial charge in [0.2, 0.25) is 11.9 Å². The van der Waals surface area contributed by atoms with Crippen molar-refractivity contribution in [2.45, 2.75) is 13.5 Å². The van der Waals surface area contributed by atoms with Crippen LogP contribution in [-0.4, -0.2) is 45.2 Å². The molecule has 0 saturated heterocycles. The van der Waals surface area contributed by atoms with Gasteiger partial charge in [-0.3, -0.25) is 0 Å². The van der Waals surface area contributed by atoms with Crippen LogP contribution >= 0.6 is 0 Å². The van der Waals surface area contributed by atoms with E-state index in [1.807, 2.05) is 36.7 Å². The summed E-state index contributed by atoms with van der Waals surface area (Å²) in [5, 5.41) is 2.90. The Labute approximate surface area is 117 Å². The third-order valence-electron chi connectivity index (χ3n) is 2.74. The van der Waals surface area contributed by atoms with Crippen LogP contribution in [0.15, 0.2) is 12.4 Å². The van der Waals surface area contributed by atoms with E-state index < -0.39 is 0 Å². The number of nitrogens with zero attached hydrogens (tertiary/aromatic N) is 6. The predicted molar refractivity (Wildman–Crippen MR) is 75.9 cm³/mol. The van der Waals surface area contributed by atoms with E-state index in [9.17, 15) is 0 Å². The Morgan fingerprint density at radius 3 is 2.75 bits per heavy atom. The third kappa shape index (κ3) is 3.14. The Morgan fingerprint density at radius 1 is 1.35 bits per heavy atom. The van der Waals surface area contributed by atoms with Crippen LogP contribution in [0.5, 0.6) is 6.01 Å². The van der Waals surface area contributed by atoms with Crippen LogP contribution in [-0.2, 0) is 13.6 Å². The fraction of sp³-hybridized carbons (Fsp3) is 0.500. The highest BCUT2D eigenvalue weighted by Crippen LogP contribution is 2.15. The topological polar surface area (TPSA) is 81.0 Å². The van der Waals surface area contributed by atoms with Gasteiger partial charge >= 0.3 is 6.01 Å². The van der Waals surface area contributed by atoms with Crippen molar-refractivity contribution in [2.24, 2.45) is 7.05 Å². The molecule has 0 amide bonds. The number of ether oxygens (including phenoxy) is 1. The molecule has 1 N–H and O–H groups in total. The largest absolute Gasteiger partial charge is 0.464 e. The summed E-state index contributed by atoms with van der Waals surface area (Å²) >= 11 is 0. The molecule has 0 aromatic carbocycles. The summed E-state index contributed by atoms with van der Waals surface area (Å²) in [4.78, 5) is 18.9. The normalized spacial score (nSPS) is 10.4. The number of aryl methyl sites for hydroxylation is 1. The van der Waals surface area contributed by atoms with Crippen LogP contribution in [0.1, 0.15) is 12.7 Å². The molecule has 0 aliphatic rings. The van der Waals surface area contributed by atoms with Gasteiger partial charge in [0.15, 0.2) is 0 Å². The lowest BCUT2D eigenvalue weighted by Gasteiger charge is -2.17. The molecule has 0 unspecified atom stereocenters. The van der Waals surface area contributed by atoms with Gasteiger partial charge in [0.05, 0.1) is 13.2 Å². The van der Waals surface area contributed by atoms with Crippen LogP contribution < -0.4 is 15.0 Å². The molecule has 0 radical (unpaired) electrons. The third-order valence-corrected chi connectivity index (χ3v) is 2.74. The fourth-order valence-corrected chi connectivity index (χ4v) is 1.65. The zero-order chi connectivity index (χ0) is 14.5. The van der Waals surface area contributed by atoms with Crippen molar-refractivity contribution >= 4 is 11.9 Å². The number of imidazole rings is 1. The first-order valence-corrected chi connectivity index (χ1v) is 6.38. The van der Waals surface area contributed by atoms with Gasteiger partial charge in [0, 0.05) is 33.5 Å². The van der Waals surface area contributed by atoms with E-state index in [2.05, 4.69) is 25.3 Å². The molecule has 0 atom stereocenters. The zero-order valence-electron chi connectivity index (χ0n) is 12.2. The van der Waals surface area contributed by atoms with Gasteiger partial charge in [-0.1, -0.05) is 0 Å². The number of hydrogen-bond donors (Lipinski definition) is 1. The van der Waals surface area contributed by atoms with E-state index in [1.54, 1.807) is 13.2 Å². The van der Waals surface area contributed by atoms with Crippen LogP contribution in [0.3, 0.4) is 0 Å². The molecule has 2 heterocycles. The first-order chi connectivity index (χ1) is 9.63.